The lowest BCUT2D eigenvalue weighted by Crippen LogP contribution is -2.33. The van der Waals surface area contributed by atoms with Crippen LogP contribution in [0.1, 0.15) is 12.8 Å². The molecule has 0 aliphatic rings. The number of H-pyrrole nitrogens is 1. The maximum absolute atomic E-state index is 13.3. The molecule has 0 amide bonds. The fraction of sp³-hybridized carbons (Fsp3) is 0.188. The Morgan fingerprint density at radius 1 is 1.23 bits per heavy atom. The van der Waals surface area contributed by atoms with E-state index < -0.39 is 11.8 Å². The van der Waals surface area contributed by atoms with Crippen LogP contribution >= 0.6 is 0 Å². The number of aromatic nitrogens is 2. The first-order valence-electron chi connectivity index (χ1n) is 6.91. The summed E-state index contributed by atoms with van der Waals surface area (Å²) in [6.45, 7) is 0.560. The number of aryl methyl sites for hydroxylation is 1. The van der Waals surface area contributed by atoms with Crippen molar-refractivity contribution in [3.05, 3.63) is 52.8 Å². The number of pyridine rings is 2. The molecule has 1 aromatic carbocycles. The van der Waals surface area contributed by atoms with E-state index in [0.29, 0.717) is 29.3 Å². The first-order chi connectivity index (χ1) is 10.5. The second-order valence-electron chi connectivity index (χ2n) is 5.15. The van der Waals surface area contributed by atoms with Crippen LogP contribution in [0.25, 0.3) is 21.7 Å². The Balaban J connectivity index is 2.10. The Morgan fingerprint density at radius 3 is 2.82 bits per heavy atom. The van der Waals surface area contributed by atoms with Gasteiger partial charge in [0, 0.05) is 17.9 Å². The largest absolute Gasteiger partial charge is 0.481 e. The number of aliphatic carboxylic acids is 1. The lowest BCUT2D eigenvalue weighted by molar-refractivity contribution is -0.695. The Morgan fingerprint density at radius 2 is 2.05 bits per heavy atom. The molecule has 0 spiro atoms. The Hall–Kier alpha value is -2.76. The van der Waals surface area contributed by atoms with Gasteiger partial charge in [-0.05, 0) is 12.1 Å². The second-order valence-corrected chi connectivity index (χ2v) is 5.15. The molecule has 2 heterocycles. The Kier molecular flexibility index (Phi) is 3.58. The van der Waals surface area contributed by atoms with Gasteiger partial charge in [-0.3, -0.25) is 9.59 Å². The number of halogens is 1. The molecule has 5 nitrogen and oxygen atoms in total. The molecule has 0 radical (unpaired) electrons. The molecule has 0 aliphatic heterocycles. The van der Waals surface area contributed by atoms with Crippen LogP contribution in [0.15, 0.2) is 41.5 Å². The summed E-state index contributed by atoms with van der Waals surface area (Å²) in [5.41, 5.74) is 0.337. The van der Waals surface area contributed by atoms with E-state index in [1.165, 1.54) is 12.1 Å². The van der Waals surface area contributed by atoms with Crippen molar-refractivity contribution < 1.29 is 18.9 Å². The van der Waals surface area contributed by atoms with Gasteiger partial charge in [-0.2, -0.15) is 0 Å². The monoisotopic (exact) mass is 301 g/mol. The van der Waals surface area contributed by atoms with E-state index in [2.05, 4.69) is 4.98 Å². The topological polar surface area (TPSA) is 74.0 Å². The minimum absolute atomic E-state index is 0.0998. The average molecular weight is 301 g/mol. The molecule has 2 aromatic heterocycles. The van der Waals surface area contributed by atoms with Crippen LogP contribution < -0.4 is 10.1 Å². The zero-order chi connectivity index (χ0) is 15.7. The number of hydrogen-bond donors (Lipinski definition) is 2. The number of fused-ring (bicyclic) bond motifs is 3. The normalized spacial score (nSPS) is 11.1. The van der Waals surface area contributed by atoms with Gasteiger partial charge < -0.3 is 10.1 Å². The lowest BCUT2D eigenvalue weighted by Gasteiger charge is -2.03. The van der Waals surface area contributed by atoms with E-state index in [1.54, 1.807) is 18.3 Å². The summed E-state index contributed by atoms with van der Waals surface area (Å²) < 4.78 is 15.2. The van der Waals surface area contributed by atoms with Crippen molar-refractivity contribution in [2.45, 2.75) is 19.4 Å². The van der Waals surface area contributed by atoms with Gasteiger partial charge in [-0.1, -0.05) is 6.07 Å². The predicted octanol–water partition coefficient (Wildman–Crippen LogP) is 1.97. The Labute approximate surface area is 124 Å². The molecule has 112 valence electrons. The van der Waals surface area contributed by atoms with Crippen molar-refractivity contribution in [1.82, 2.24) is 4.98 Å². The van der Waals surface area contributed by atoms with Gasteiger partial charge in [0.15, 0.2) is 12.4 Å². The molecule has 22 heavy (non-hydrogen) atoms. The molecule has 0 bridgehead atoms. The second kappa shape index (κ2) is 5.55. The van der Waals surface area contributed by atoms with Gasteiger partial charge in [0.2, 0.25) is 0 Å². The first-order valence-corrected chi connectivity index (χ1v) is 6.91. The van der Waals surface area contributed by atoms with E-state index in [9.17, 15) is 14.0 Å². The first kappa shape index (κ1) is 14.2. The number of nitrogens with one attached hydrogen (secondary N) is 1. The van der Waals surface area contributed by atoms with Gasteiger partial charge >= 0.3 is 5.97 Å². The molecule has 0 atom stereocenters. The van der Waals surface area contributed by atoms with E-state index in [1.807, 2.05) is 10.8 Å². The summed E-state index contributed by atoms with van der Waals surface area (Å²) in [6, 6.07) is 5.89. The number of benzene rings is 1. The molecular formula is C16H14FN2O3+. The van der Waals surface area contributed by atoms with Crippen molar-refractivity contribution in [1.29, 1.82) is 0 Å². The lowest BCUT2D eigenvalue weighted by atomic mass is 10.1. The maximum atomic E-state index is 13.3. The fourth-order valence-electron chi connectivity index (χ4n) is 2.54. The molecule has 0 fully saturated rings. The van der Waals surface area contributed by atoms with Crippen LogP contribution in [0.3, 0.4) is 0 Å². The standard InChI is InChI=1S/C16H13FN2O3/c17-10-3-4-11-12(8-10)16(22)18-14-5-7-19(9-13(11)14)6-1-2-15(20)21/h3-5,7-9H,1-2,6H2,(H,20,21)/p+1. The number of hydrogen-bond acceptors (Lipinski definition) is 2. The van der Waals surface area contributed by atoms with Gasteiger partial charge in [-0.25, -0.2) is 8.96 Å². The molecule has 0 saturated heterocycles. The highest BCUT2D eigenvalue weighted by atomic mass is 19.1. The molecule has 6 heteroatoms. The quantitative estimate of drug-likeness (QED) is 0.571. The van der Waals surface area contributed by atoms with Crippen LogP contribution in [0.5, 0.6) is 0 Å². The molecule has 3 aromatic rings. The van der Waals surface area contributed by atoms with Crippen molar-refractivity contribution in [2.75, 3.05) is 0 Å². The third-order valence-electron chi connectivity index (χ3n) is 3.59. The van der Waals surface area contributed by atoms with Crippen molar-refractivity contribution in [2.24, 2.45) is 0 Å². The van der Waals surface area contributed by atoms with Crippen molar-refractivity contribution in [3.63, 3.8) is 0 Å². The summed E-state index contributed by atoms with van der Waals surface area (Å²) in [7, 11) is 0. The summed E-state index contributed by atoms with van der Waals surface area (Å²) >= 11 is 0. The van der Waals surface area contributed by atoms with Crippen LogP contribution in [0.2, 0.25) is 0 Å². The molecule has 3 rings (SSSR count). The molecule has 2 N–H and O–H groups in total. The summed E-state index contributed by atoms with van der Waals surface area (Å²) in [4.78, 5) is 25.3. The highest BCUT2D eigenvalue weighted by Crippen LogP contribution is 2.20. The number of aromatic amines is 1. The van der Waals surface area contributed by atoms with Crippen LogP contribution in [-0.2, 0) is 11.3 Å². The van der Waals surface area contributed by atoms with E-state index in [-0.39, 0.29) is 12.0 Å². The fourth-order valence-corrected chi connectivity index (χ4v) is 2.54. The average Bonchev–Trinajstić information content (AvgIpc) is 2.48. The van der Waals surface area contributed by atoms with E-state index >= 15 is 0 Å². The van der Waals surface area contributed by atoms with Gasteiger partial charge in [0.25, 0.3) is 5.56 Å². The van der Waals surface area contributed by atoms with Gasteiger partial charge in [-0.15, -0.1) is 0 Å². The number of carbonyl (C=O) groups is 1. The minimum atomic E-state index is -0.827. The third-order valence-corrected chi connectivity index (χ3v) is 3.59. The number of carboxylic acid groups (broad SMARTS) is 1. The molecule has 0 aliphatic carbocycles. The zero-order valence-corrected chi connectivity index (χ0v) is 11.7. The summed E-state index contributed by atoms with van der Waals surface area (Å²) in [5.74, 6) is -1.28. The third kappa shape index (κ3) is 2.67. The SMILES string of the molecule is O=C(O)CCC[n+]1ccc2[nH]c(=O)c3cc(F)ccc3c2c1. The van der Waals surface area contributed by atoms with Crippen LogP contribution in [0.4, 0.5) is 4.39 Å². The highest BCUT2D eigenvalue weighted by molar-refractivity contribution is 6.04. The van der Waals surface area contributed by atoms with Gasteiger partial charge in [0.1, 0.15) is 12.4 Å². The number of carboxylic acids is 1. The van der Waals surface area contributed by atoms with Crippen molar-refractivity contribution >= 4 is 27.6 Å². The predicted molar refractivity (Wildman–Crippen MR) is 79.1 cm³/mol. The highest BCUT2D eigenvalue weighted by Gasteiger charge is 2.11. The minimum Gasteiger partial charge on any atom is -0.481 e. The number of nitrogens with zero attached hydrogens (tertiary/aromatic N) is 1. The number of rotatable bonds is 4. The summed E-state index contributed by atoms with van der Waals surface area (Å²) in [6.07, 6.45) is 4.24. The smallest absolute Gasteiger partial charge is 0.303 e. The zero-order valence-electron chi connectivity index (χ0n) is 11.7. The molecule has 0 saturated carbocycles. The van der Waals surface area contributed by atoms with E-state index in [0.717, 1.165) is 5.39 Å². The molecular weight excluding hydrogens is 287 g/mol. The maximum Gasteiger partial charge on any atom is 0.303 e. The summed E-state index contributed by atoms with van der Waals surface area (Å²) in [5, 5.41) is 10.5. The van der Waals surface area contributed by atoms with Gasteiger partial charge in [0.05, 0.1) is 22.7 Å². The Bertz CT molecular complexity index is 934. The van der Waals surface area contributed by atoms with E-state index in [4.69, 9.17) is 5.11 Å². The van der Waals surface area contributed by atoms with Crippen LogP contribution in [0, 0.1) is 5.82 Å². The van der Waals surface area contributed by atoms with Crippen LogP contribution in [-0.4, -0.2) is 16.1 Å². The molecule has 0 unspecified atom stereocenters. The van der Waals surface area contributed by atoms with Crippen molar-refractivity contribution in [3.8, 4) is 0 Å².